The van der Waals surface area contributed by atoms with Gasteiger partial charge in [0.1, 0.15) is 17.1 Å². The summed E-state index contributed by atoms with van der Waals surface area (Å²) in [7, 11) is 0. The smallest absolute Gasteiger partial charge is 0.338 e. The van der Waals surface area contributed by atoms with E-state index < -0.39 is 11.6 Å². The molecule has 0 N–H and O–H groups in total. The van der Waals surface area contributed by atoms with Crippen molar-refractivity contribution >= 4 is 41.2 Å². The maximum atomic E-state index is 12.6. The number of rotatable bonds is 14. The van der Waals surface area contributed by atoms with Crippen LogP contribution in [-0.4, -0.2) is 19.1 Å². The molecule has 1 unspecified atom stereocenters. The molecule has 0 saturated heterocycles. The van der Waals surface area contributed by atoms with E-state index >= 15 is 0 Å². The Hall–Kier alpha value is -5.11. The normalized spacial score (nSPS) is 16.9. The van der Waals surface area contributed by atoms with Gasteiger partial charge in [0.2, 0.25) is 5.70 Å². The van der Waals surface area contributed by atoms with Gasteiger partial charge < -0.3 is 14.4 Å². The molecule has 0 amide bonds. The number of anilines is 1. The van der Waals surface area contributed by atoms with Crippen molar-refractivity contribution in [3.8, 4) is 11.8 Å². The van der Waals surface area contributed by atoms with E-state index in [1.165, 1.54) is 0 Å². The van der Waals surface area contributed by atoms with Crippen molar-refractivity contribution in [3.63, 3.8) is 0 Å². The molecule has 1 aromatic heterocycles. The van der Waals surface area contributed by atoms with Crippen LogP contribution in [0.3, 0.4) is 0 Å². The van der Waals surface area contributed by atoms with E-state index in [4.69, 9.17) is 16.0 Å². The molecule has 0 fully saturated rings. The third kappa shape index (κ3) is 8.42. The molecule has 2 aromatic carbocycles. The second kappa shape index (κ2) is 16.6. The van der Waals surface area contributed by atoms with Gasteiger partial charge in [0.25, 0.3) is 0 Å². The second-order valence-corrected chi connectivity index (χ2v) is 13.1. The third-order valence-corrected chi connectivity index (χ3v) is 9.22. The van der Waals surface area contributed by atoms with E-state index in [1.807, 2.05) is 85.8 Å². The number of allylic oxidation sites excluding steroid dienone is 1. The van der Waals surface area contributed by atoms with E-state index in [2.05, 4.69) is 42.3 Å². The molecule has 0 aliphatic carbocycles. The van der Waals surface area contributed by atoms with Gasteiger partial charge in [-0.15, -0.1) is 11.3 Å². The number of ether oxygens (including phenoxy) is 2. The van der Waals surface area contributed by atoms with Gasteiger partial charge in [0.05, 0.1) is 18.2 Å². The van der Waals surface area contributed by atoms with Gasteiger partial charge in [-0.25, -0.2) is 9.64 Å². The fourth-order valence-corrected chi connectivity index (χ4v) is 6.18. The van der Waals surface area contributed by atoms with Crippen molar-refractivity contribution in [2.45, 2.75) is 65.9 Å². The van der Waals surface area contributed by atoms with Gasteiger partial charge in [-0.3, -0.25) is 0 Å². The van der Waals surface area contributed by atoms with Crippen LogP contribution in [0.4, 0.5) is 5.69 Å². The molecule has 0 radical (unpaired) electrons. The van der Waals surface area contributed by atoms with Gasteiger partial charge in [-0.1, -0.05) is 69.7 Å². The summed E-state index contributed by atoms with van der Waals surface area (Å²) in [6, 6.07) is 22.0. The Morgan fingerprint density at radius 3 is 2.25 bits per heavy atom. The number of hydrogen-bond donors (Lipinski definition) is 0. The van der Waals surface area contributed by atoms with Crippen molar-refractivity contribution in [1.82, 2.24) is 0 Å². The summed E-state index contributed by atoms with van der Waals surface area (Å²) in [6.07, 6.45) is 12.3. The van der Waals surface area contributed by atoms with Crippen molar-refractivity contribution in [3.05, 3.63) is 134 Å². The van der Waals surface area contributed by atoms with Crippen LogP contribution >= 0.6 is 11.3 Å². The zero-order chi connectivity index (χ0) is 34.7. The SMILES string of the molecule is [C-]#[N+]C1=C(/C=C/c2ccc(/C=C/c3ccc(N(CCCC)CCCC)cc3OC(=O)C(=C)C)s2)C(C)(c2ccccc2)O/C1=C(\C)C#N. The van der Waals surface area contributed by atoms with Crippen LogP contribution in [0.1, 0.15) is 81.2 Å². The summed E-state index contributed by atoms with van der Waals surface area (Å²) in [6.45, 7) is 23.2. The summed E-state index contributed by atoms with van der Waals surface area (Å²) >= 11 is 1.59. The monoisotopic (exact) mass is 657 g/mol. The van der Waals surface area contributed by atoms with Crippen LogP contribution in [0, 0.1) is 17.9 Å². The van der Waals surface area contributed by atoms with Crippen LogP contribution in [0.15, 0.2) is 101 Å². The Bertz CT molecular complexity index is 1840. The standard InChI is InChI=1S/C41H43N3O3S/c1-8-10-25-44(26-11-9-2)33-19-17-31(37(27-33)46-40(45)29(3)4)18-20-34-21-22-35(48-34)23-24-36-38(43-7)39(30(5)28-42)47-41(36,6)32-15-13-12-14-16-32/h12-24,27H,3,8-11,25-26H2,1-2,4-6H3/b20-18+,24-23+,39-30+. The Balaban J connectivity index is 1.64. The molecule has 246 valence electrons. The molecule has 0 saturated carbocycles. The minimum absolute atomic E-state index is 0.321. The van der Waals surface area contributed by atoms with E-state index in [-0.39, 0.29) is 0 Å². The topological polar surface area (TPSA) is 66.9 Å². The Labute approximate surface area is 289 Å². The fourth-order valence-electron chi connectivity index (χ4n) is 5.37. The molecule has 4 rings (SSSR count). The maximum absolute atomic E-state index is 12.6. The molecule has 1 aliphatic rings. The maximum Gasteiger partial charge on any atom is 0.338 e. The first-order chi connectivity index (χ1) is 23.1. The van der Waals surface area contributed by atoms with Crippen molar-refractivity contribution in [2.24, 2.45) is 0 Å². The summed E-state index contributed by atoms with van der Waals surface area (Å²) in [5.41, 5.74) is 3.57. The highest BCUT2D eigenvalue weighted by Crippen LogP contribution is 2.47. The summed E-state index contributed by atoms with van der Waals surface area (Å²) in [5.74, 6) is 0.373. The quantitative estimate of drug-likeness (QED) is 0.0567. The number of unbranched alkanes of at least 4 members (excludes halogenated alkanes) is 2. The lowest BCUT2D eigenvalue weighted by atomic mass is 9.87. The predicted octanol–water partition coefficient (Wildman–Crippen LogP) is 10.7. The highest BCUT2D eigenvalue weighted by atomic mass is 32.1. The number of nitrogens with zero attached hydrogens (tertiary/aromatic N) is 3. The second-order valence-electron chi connectivity index (χ2n) is 11.9. The minimum Gasteiger partial charge on any atom is -0.489 e. The molecule has 2 heterocycles. The average molecular weight is 658 g/mol. The van der Waals surface area contributed by atoms with Crippen molar-refractivity contribution in [2.75, 3.05) is 18.0 Å². The fraction of sp³-hybridized carbons (Fsp3) is 0.293. The lowest BCUT2D eigenvalue weighted by Gasteiger charge is -2.28. The highest BCUT2D eigenvalue weighted by Gasteiger charge is 2.43. The number of nitriles is 1. The number of carbonyl (C=O) groups excluding carboxylic acids is 1. The number of benzene rings is 2. The lowest BCUT2D eigenvalue weighted by Crippen LogP contribution is -2.25. The first-order valence-corrected chi connectivity index (χ1v) is 17.2. The first kappa shape index (κ1) is 35.7. The van der Waals surface area contributed by atoms with Gasteiger partial charge in [-0.05, 0) is 81.7 Å². The zero-order valence-corrected chi connectivity index (χ0v) is 29.3. The van der Waals surface area contributed by atoms with Crippen molar-refractivity contribution < 1.29 is 14.3 Å². The van der Waals surface area contributed by atoms with E-state index in [0.29, 0.717) is 33.9 Å². The lowest BCUT2D eigenvalue weighted by molar-refractivity contribution is -0.130. The average Bonchev–Trinajstić information content (AvgIpc) is 3.68. The van der Waals surface area contributed by atoms with Gasteiger partial charge >= 0.3 is 5.97 Å². The number of carbonyl (C=O) groups is 1. The largest absolute Gasteiger partial charge is 0.489 e. The molecule has 48 heavy (non-hydrogen) atoms. The van der Waals surface area contributed by atoms with E-state index in [9.17, 15) is 10.1 Å². The summed E-state index contributed by atoms with van der Waals surface area (Å²) < 4.78 is 12.2. The molecule has 7 heteroatoms. The van der Waals surface area contributed by atoms with Crippen molar-refractivity contribution in [1.29, 1.82) is 5.26 Å². The first-order valence-electron chi connectivity index (χ1n) is 16.4. The molecule has 3 aromatic rings. The van der Waals surface area contributed by atoms with Crippen LogP contribution < -0.4 is 9.64 Å². The predicted molar refractivity (Wildman–Crippen MR) is 198 cm³/mol. The Morgan fingerprint density at radius 2 is 1.67 bits per heavy atom. The van der Waals surface area contributed by atoms with Crippen LogP contribution in [0.2, 0.25) is 0 Å². The number of thiophene rings is 1. The van der Waals surface area contributed by atoms with E-state index in [0.717, 1.165) is 65.3 Å². The molecule has 1 atom stereocenters. The van der Waals surface area contributed by atoms with Crippen LogP contribution in [0.5, 0.6) is 5.75 Å². The third-order valence-electron chi connectivity index (χ3n) is 8.20. The molecule has 1 aliphatic heterocycles. The van der Waals surface area contributed by atoms with E-state index in [1.54, 1.807) is 25.2 Å². The Morgan fingerprint density at radius 1 is 1.02 bits per heavy atom. The number of esters is 1. The molecular formula is C41H43N3O3S. The molecule has 0 bridgehead atoms. The van der Waals surface area contributed by atoms with Crippen LogP contribution in [0.25, 0.3) is 23.1 Å². The molecule has 6 nitrogen and oxygen atoms in total. The molecule has 0 spiro atoms. The highest BCUT2D eigenvalue weighted by molar-refractivity contribution is 7.13. The van der Waals surface area contributed by atoms with Gasteiger partial charge in [0, 0.05) is 51.3 Å². The van der Waals surface area contributed by atoms with Crippen LogP contribution in [-0.2, 0) is 15.1 Å². The van der Waals surface area contributed by atoms with Gasteiger partial charge in [-0.2, -0.15) is 5.26 Å². The number of hydrogen-bond acceptors (Lipinski definition) is 6. The van der Waals surface area contributed by atoms with Gasteiger partial charge in [0.15, 0.2) is 0 Å². The summed E-state index contributed by atoms with van der Waals surface area (Å²) in [4.78, 5) is 20.8. The Kier molecular flexibility index (Phi) is 12.4. The minimum atomic E-state index is -0.919. The molecular weight excluding hydrogens is 615 g/mol. The zero-order valence-electron chi connectivity index (χ0n) is 28.5. The summed E-state index contributed by atoms with van der Waals surface area (Å²) in [5, 5.41) is 9.60.